The molecule has 6 nitrogen and oxygen atoms in total. The number of carboxylic acid groups (broad SMARTS) is 1. The van der Waals surface area contributed by atoms with Crippen molar-refractivity contribution in [2.75, 3.05) is 26.3 Å². The number of hydrogen-bond acceptors (Lipinski definition) is 4. The van der Waals surface area contributed by atoms with Crippen molar-refractivity contribution in [1.82, 2.24) is 10.2 Å². The first kappa shape index (κ1) is 17.7. The minimum atomic E-state index is -0.750. The number of ether oxygens (including phenoxy) is 1. The van der Waals surface area contributed by atoms with Crippen LogP contribution in [0.25, 0.3) is 0 Å². The lowest BCUT2D eigenvalue weighted by Crippen LogP contribution is -2.55. The van der Waals surface area contributed by atoms with Gasteiger partial charge < -0.3 is 15.2 Å². The normalized spacial score (nSPS) is 27.7. The first-order valence-electron chi connectivity index (χ1n) is 9.43. The number of carbonyl (C=O) groups is 2. The molecule has 1 aliphatic heterocycles. The van der Waals surface area contributed by atoms with Crippen molar-refractivity contribution in [3.63, 3.8) is 0 Å². The maximum Gasteiger partial charge on any atom is 0.317 e. The van der Waals surface area contributed by atoms with E-state index in [4.69, 9.17) is 9.84 Å². The second-order valence-corrected chi connectivity index (χ2v) is 7.75. The topological polar surface area (TPSA) is 78.9 Å². The first-order valence-corrected chi connectivity index (χ1v) is 9.43. The summed E-state index contributed by atoms with van der Waals surface area (Å²) in [5, 5.41) is 12.2. The molecule has 1 saturated heterocycles. The highest BCUT2D eigenvalue weighted by molar-refractivity contribution is 5.76. The maximum absolute atomic E-state index is 12.1. The van der Waals surface area contributed by atoms with Crippen LogP contribution in [0.1, 0.15) is 51.4 Å². The van der Waals surface area contributed by atoms with E-state index in [2.05, 4.69) is 10.2 Å². The lowest BCUT2D eigenvalue weighted by molar-refractivity contribution is -0.140. The minimum absolute atomic E-state index is 0.131. The third kappa shape index (κ3) is 5.45. The molecule has 0 bridgehead atoms. The van der Waals surface area contributed by atoms with Gasteiger partial charge in [0.2, 0.25) is 5.91 Å². The average molecular weight is 338 g/mol. The van der Waals surface area contributed by atoms with E-state index in [1.807, 2.05) is 0 Å². The Morgan fingerprint density at radius 1 is 1.08 bits per heavy atom. The molecule has 6 heteroatoms. The van der Waals surface area contributed by atoms with Crippen LogP contribution in [0.3, 0.4) is 0 Å². The number of nitrogens with one attached hydrogen (secondary N) is 1. The number of nitrogens with zero attached hydrogens (tertiary/aromatic N) is 1. The summed E-state index contributed by atoms with van der Waals surface area (Å²) in [6, 6.07) is 0.551. The molecule has 1 heterocycles. The maximum atomic E-state index is 12.1. The van der Waals surface area contributed by atoms with Gasteiger partial charge in [0, 0.05) is 38.3 Å². The quantitative estimate of drug-likeness (QED) is 0.668. The third-order valence-electron chi connectivity index (χ3n) is 5.64. The summed E-state index contributed by atoms with van der Waals surface area (Å²) >= 11 is 0. The summed E-state index contributed by atoms with van der Waals surface area (Å²) < 4.78 is 5.34. The molecule has 2 N–H and O–H groups in total. The average Bonchev–Trinajstić information content (AvgIpc) is 3.32. The fourth-order valence-corrected chi connectivity index (χ4v) is 3.82. The Labute approximate surface area is 143 Å². The Bertz CT molecular complexity index is 440. The highest BCUT2D eigenvalue weighted by atomic mass is 16.5. The van der Waals surface area contributed by atoms with E-state index in [0.29, 0.717) is 24.3 Å². The molecule has 3 fully saturated rings. The summed E-state index contributed by atoms with van der Waals surface area (Å²) in [5.41, 5.74) is 0. The number of rotatable bonds is 9. The molecule has 0 spiro atoms. The van der Waals surface area contributed by atoms with Crippen molar-refractivity contribution in [3.8, 4) is 0 Å². The Hall–Kier alpha value is -1.14. The van der Waals surface area contributed by atoms with E-state index < -0.39 is 5.97 Å². The van der Waals surface area contributed by atoms with Crippen molar-refractivity contribution in [3.05, 3.63) is 0 Å². The zero-order valence-electron chi connectivity index (χ0n) is 14.4. The monoisotopic (exact) mass is 338 g/mol. The fraction of sp³-hybridized carbons (Fsp3) is 0.889. The van der Waals surface area contributed by atoms with Crippen LogP contribution < -0.4 is 5.32 Å². The fourth-order valence-electron chi connectivity index (χ4n) is 3.82. The van der Waals surface area contributed by atoms with Crippen LogP contribution in [0.4, 0.5) is 0 Å². The van der Waals surface area contributed by atoms with Gasteiger partial charge in [-0.2, -0.15) is 0 Å². The molecule has 136 valence electrons. The Kier molecular flexibility index (Phi) is 6.11. The van der Waals surface area contributed by atoms with Crippen LogP contribution in [0.15, 0.2) is 0 Å². The third-order valence-corrected chi connectivity index (χ3v) is 5.64. The van der Waals surface area contributed by atoms with Gasteiger partial charge >= 0.3 is 5.97 Å². The summed E-state index contributed by atoms with van der Waals surface area (Å²) in [6.45, 7) is 2.70. The van der Waals surface area contributed by atoms with Gasteiger partial charge in [0.25, 0.3) is 0 Å². The molecule has 3 aliphatic rings. The molecule has 1 amide bonds. The molecule has 0 atom stereocenters. The number of hydrogen-bond donors (Lipinski definition) is 2. The van der Waals surface area contributed by atoms with Crippen LogP contribution >= 0.6 is 0 Å². The van der Waals surface area contributed by atoms with Crippen molar-refractivity contribution in [2.24, 2.45) is 11.8 Å². The van der Waals surface area contributed by atoms with Gasteiger partial charge in [0.15, 0.2) is 0 Å². The van der Waals surface area contributed by atoms with Crippen LogP contribution in [-0.2, 0) is 14.3 Å². The van der Waals surface area contributed by atoms with Gasteiger partial charge in [-0.3, -0.25) is 14.5 Å². The highest BCUT2D eigenvalue weighted by Crippen LogP contribution is 2.33. The minimum Gasteiger partial charge on any atom is -0.480 e. The Morgan fingerprint density at radius 3 is 2.42 bits per heavy atom. The van der Waals surface area contributed by atoms with Gasteiger partial charge in [-0.05, 0) is 56.8 Å². The second-order valence-electron chi connectivity index (χ2n) is 7.75. The number of amides is 1. The van der Waals surface area contributed by atoms with Gasteiger partial charge in [0.05, 0.1) is 6.54 Å². The number of aliphatic carboxylic acids is 1. The molecule has 3 rings (SSSR count). The lowest BCUT2D eigenvalue weighted by atomic mass is 9.85. The molecule has 0 unspecified atom stereocenters. The SMILES string of the molecule is O=C(O)CN(CC1CC1)C1CC(NC(=O)CCC2CCOCC2)C1. The summed E-state index contributed by atoms with van der Waals surface area (Å²) in [5.74, 6) is 0.720. The van der Waals surface area contributed by atoms with Gasteiger partial charge in [-0.1, -0.05) is 0 Å². The van der Waals surface area contributed by atoms with Crippen molar-refractivity contribution in [1.29, 1.82) is 0 Å². The van der Waals surface area contributed by atoms with Crippen LogP contribution in [0, 0.1) is 11.8 Å². The first-order chi connectivity index (χ1) is 11.6. The molecular formula is C18H30N2O4. The standard InChI is InChI=1S/C18H30N2O4/c21-17(4-3-13-5-7-24-8-6-13)19-15-9-16(10-15)20(12-18(22)23)11-14-1-2-14/h13-16H,1-12H2,(H,19,21)(H,22,23). The molecule has 0 aromatic rings. The van der Waals surface area contributed by atoms with E-state index >= 15 is 0 Å². The van der Waals surface area contributed by atoms with E-state index in [0.717, 1.165) is 51.9 Å². The molecule has 0 aromatic carbocycles. The number of carbonyl (C=O) groups excluding carboxylic acids is 1. The largest absolute Gasteiger partial charge is 0.480 e. The Balaban J connectivity index is 1.32. The molecule has 0 radical (unpaired) electrons. The Morgan fingerprint density at radius 2 is 1.79 bits per heavy atom. The predicted octanol–water partition coefficient (Wildman–Crippen LogP) is 1.64. The highest BCUT2D eigenvalue weighted by Gasteiger charge is 2.37. The van der Waals surface area contributed by atoms with Gasteiger partial charge in [0.1, 0.15) is 0 Å². The van der Waals surface area contributed by atoms with E-state index in [9.17, 15) is 9.59 Å². The van der Waals surface area contributed by atoms with E-state index in [1.165, 1.54) is 12.8 Å². The van der Waals surface area contributed by atoms with Crippen molar-refractivity contribution < 1.29 is 19.4 Å². The molecule has 24 heavy (non-hydrogen) atoms. The summed E-state index contributed by atoms with van der Waals surface area (Å²) in [7, 11) is 0. The lowest BCUT2D eigenvalue weighted by Gasteiger charge is -2.42. The summed E-state index contributed by atoms with van der Waals surface area (Å²) in [4.78, 5) is 25.2. The van der Waals surface area contributed by atoms with E-state index in [1.54, 1.807) is 0 Å². The zero-order valence-corrected chi connectivity index (χ0v) is 14.4. The van der Waals surface area contributed by atoms with E-state index in [-0.39, 0.29) is 18.5 Å². The zero-order chi connectivity index (χ0) is 16.9. The molecule has 0 aromatic heterocycles. The number of carboxylic acids is 1. The molecular weight excluding hydrogens is 308 g/mol. The predicted molar refractivity (Wildman–Crippen MR) is 89.7 cm³/mol. The van der Waals surface area contributed by atoms with Gasteiger partial charge in [-0.25, -0.2) is 0 Å². The summed E-state index contributed by atoms with van der Waals surface area (Å²) in [6.07, 6.45) is 7.95. The second kappa shape index (κ2) is 8.30. The molecule has 2 aliphatic carbocycles. The molecule has 2 saturated carbocycles. The van der Waals surface area contributed by atoms with Crippen molar-refractivity contribution in [2.45, 2.75) is 63.5 Å². The van der Waals surface area contributed by atoms with Gasteiger partial charge in [-0.15, -0.1) is 0 Å². The van der Waals surface area contributed by atoms with Crippen LogP contribution in [-0.4, -0.2) is 60.3 Å². The van der Waals surface area contributed by atoms with Crippen LogP contribution in [0.5, 0.6) is 0 Å². The van der Waals surface area contributed by atoms with Crippen molar-refractivity contribution >= 4 is 11.9 Å². The van der Waals surface area contributed by atoms with Crippen LogP contribution in [0.2, 0.25) is 0 Å². The smallest absolute Gasteiger partial charge is 0.317 e.